The number of hydrogen-bond donors (Lipinski definition) is 0. The van der Waals surface area contributed by atoms with Crippen LogP contribution in [0.4, 0.5) is 4.39 Å². The number of hydrogen-bond acceptors (Lipinski definition) is 2. The van der Waals surface area contributed by atoms with Crippen molar-refractivity contribution in [3.63, 3.8) is 0 Å². The molecule has 1 heterocycles. The summed E-state index contributed by atoms with van der Waals surface area (Å²) in [5, 5.41) is 1.83. The van der Waals surface area contributed by atoms with E-state index in [1.54, 1.807) is 6.07 Å². The minimum atomic E-state index is -0.239. The summed E-state index contributed by atoms with van der Waals surface area (Å²) in [7, 11) is 3.74. The van der Waals surface area contributed by atoms with Crippen LogP contribution in [0.1, 0.15) is 5.82 Å². The molecule has 0 aliphatic heterocycles. The van der Waals surface area contributed by atoms with Crippen LogP contribution in [-0.4, -0.2) is 23.8 Å². The molecule has 0 unspecified atom stereocenters. The number of imidazole rings is 1. The summed E-state index contributed by atoms with van der Waals surface area (Å²) in [6.07, 6.45) is 0. The molecular weight excluding hydrogens is 343 g/mol. The van der Waals surface area contributed by atoms with Crippen molar-refractivity contribution in [1.29, 1.82) is 0 Å². The lowest BCUT2D eigenvalue weighted by Gasteiger charge is -2.17. The number of rotatable bonds is 2. The molecule has 6 heteroatoms. The monoisotopic (exact) mass is 353 g/mol. The average Bonchev–Trinajstić information content (AvgIpc) is 2.56. The summed E-state index contributed by atoms with van der Waals surface area (Å²) in [6.45, 7) is 0. The molecule has 0 N–H and O–H groups in total. The van der Waals surface area contributed by atoms with Crippen LogP contribution in [0.3, 0.4) is 0 Å². The number of nitrogens with zero attached hydrogens (tertiary/aromatic N) is 3. The fourth-order valence-corrected chi connectivity index (χ4v) is 2.27. The van der Waals surface area contributed by atoms with Crippen LogP contribution >= 0.6 is 34.2 Å². The van der Waals surface area contributed by atoms with Crippen LogP contribution in [0.2, 0.25) is 0 Å². The van der Waals surface area contributed by atoms with E-state index in [9.17, 15) is 4.39 Å². The lowest BCUT2D eigenvalue weighted by molar-refractivity contribution is 0.620. The van der Waals surface area contributed by atoms with Gasteiger partial charge in [-0.3, -0.25) is 0 Å². The van der Waals surface area contributed by atoms with Gasteiger partial charge >= 0.3 is 0 Å². The minimum Gasteiger partial charge on any atom is -0.317 e. The molecule has 0 aliphatic carbocycles. The second kappa shape index (κ2) is 4.37. The molecule has 0 saturated heterocycles. The Morgan fingerprint density at radius 1 is 1.50 bits per heavy atom. The van der Waals surface area contributed by atoms with Gasteiger partial charge < -0.3 is 5.01 Å². The first kappa shape index (κ1) is 11.9. The molecule has 2 rings (SSSR count). The zero-order valence-electron chi connectivity index (χ0n) is 8.84. The summed E-state index contributed by atoms with van der Waals surface area (Å²) in [4.78, 5) is 4.37. The molecule has 0 amide bonds. The maximum atomic E-state index is 13.5. The third-order valence-corrected chi connectivity index (χ3v) is 3.32. The second-order valence-corrected chi connectivity index (χ2v) is 5.01. The van der Waals surface area contributed by atoms with E-state index in [-0.39, 0.29) is 5.82 Å². The zero-order chi connectivity index (χ0) is 11.9. The molecule has 0 bridgehead atoms. The summed E-state index contributed by atoms with van der Waals surface area (Å²) in [5.74, 6) is 0.769. The quantitative estimate of drug-likeness (QED) is 0.611. The Bertz CT molecular complexity index is 538. The summed E-state index contributed by atoms with van der Waals surface area (Å²) in [5.41, 5.74) is 1.49. The molecule has 0 spiro atoms. The van der Waals surface area contributed by atoms with Crippen molar-refractivity contribution in [2.45, 2.75) is 5.88 Å². The van der Waals surface area contributed by atoms with E-state index >= 15 is 0 Å². The van der Waals surface area contributed by atoms with E-state index in [0.29, 0.717) is 15.3 Å². The molecule has 0 saturated carbocycles. The Hall–Kier alpha value is -0.560. The number of aromatic nitrogens is 2. The number of halogens is 3. The fraction of sp³-hybridized carbons (Fsp3) is 0.300. The molecule has 1 aromatic carbocycles. The van der Waals surface area contributed by atoms with Gasteiger partial charge in [0.1, 0.15) is 11.6 Å². The highest BCUT2D eigenvalue weighted by Crippen LogP contribution is 2.22. The fourth-order valence-electron chi connectivity index (χ4n) is 1.64. The van der Waals surface area contributed by atoms with Gasteiger partial charge in [0.05, 0.1) is 20.5 Å². The van der Waals surface area contributed by atoms with Crippen LogP contribution in [-0.2, 0) is 5.88 Å². The Morgan fingerprint density at radius 2 is 2.19 bits per heavy atom. The Labute approximate surface area is 111 Å². The lowest BCUT2D eigenvalue weighted by atomic mass is 10.3. The van der Waals surface area contributed by atoms with Gasteiger partial charge in [0, 0.05) is 20.2 Å². The molecule has 0 radical (unpaired) electrons. The smallest absolute Gasteiger partial charge is 0.143 e. The van der Waals surface area contributed by atoms with Gasteiger partial charge in [-0.15, -0.1) is 11.6 Å². The van der Waals surface area contributed by atoms with Gasteiger partial charge in [0.25, 0.3) is 0 Å². The van der Waals surface area contributed by atoms with Gasteiger partial charge in [0.2, 0.25) is 0 Å². The van der Waals surface area contributed by atoms with Gasteiger partial charge in [-0.1, -0.05) is 0 Å². The first-order valence-electron chi connectivity index (χ1n) is 4.64. The molecule has 86 valence electrons. The zero-order valence-corrected chi connectivity index (χ0v) is 11.8. The van der Waals surface area contributed by atoms with E-state index in [4.69, 9.17) is 11.6 Å². The normalized spacial score (nSPS) is 11.1. The molecule has 0 atom stereocenters. The van der Waals surface area contributed by atoms with Crippen molar-refractivity contribution < 1.29 is 4.39 Å². The molecule has 2 aromatic rings. The molecule has 3 nitrogen and oxygen atoms in total. The van der Waals surface area contributed by atoms with Crippen molar-refractivity contribution in [2.75, 3.05) is 19.1 Å². The predicted molar refractivity (Wildman–Crippen MR) is 72.0 cm³/mol. The highest BCUT2D eigenvalue weighted by molar-refractivity contribution is 14.1. The summed E-state index contributed by atoms with van der Waals surface area (Å²) >= 11 is 7.77. The summed E-state index contributed by atoms with van der Waals surface area (Å²) < 4.78 is 15.9. The first-order chi connectivity index (χ1) is 7.54. The van der Waals surface area contributed by atoms with Gasteiger partial charge in [0.15, 0.2) is 0 Å². The Balaban J connectivity index is 2.79. The molecule has 0 aliphatic rings. The third kappa shape index (κ3) is 1.86. The third-order valence-electron chi connectivity index (χ3n) is 2.26. The van der Waals surface area contributed by atoms with E-state index in [2.05, 4.69) is 4.98 Å². The highest BCUT2D eigenvalue weighted by atomic mass is 127. The Morgan fingerprint density at radius 3 is 2.75 bits per heavy atom. The largest absolute Gasteiger partial charge is 0.317 e. The van der Waals surface area contributed by atoms with Gasteiger partial charge in [-0.2, -0.15) is 0 Å². The van der Waals surface area contributed by atoms with E-state index in [1.165, 1.54) is 6.07 Å². The van der Waals surface area contributed by atoms with Crippen molar-refractivity contribution in [3.8, 4) is 0 Å². The maximum Gasteiger partial charge on any atom is 0.143 e. The number of fused-ring (bicyclic) bond motifs is 1. The minimum absolute atomic E-state index is 0.239. The van der Waals surface area contributed by atoms with Crippen LogP contribution in [0.15, 0.2) is 12.1 Å². The highest BCUT2D eigenvalue weighted by Gasteiger charge is 2.13. The van der Waals surface area contributed by atoms with Crippen LogP contribution in [0.5, 0.6) is 0 Å². The molecule has 0 fully saturated rings. The van der Waals surface area contributed by atoms with E-state index in [1.807, 2.05) is 46.4 Å². The average molecular weight is 354 g/mol. The Kier molecular flexibility index (Phi) is 3.25. The maximum absolute atomic E-state index is 13.5. The second-order valence-electron chi connectivity index (χ2n) is 3.58. The number of benzene rings is 1. The molecule has 16 heavy (non-hydrogen) atoms. The van der Waals surface area contributed by atoms with Crippen molar-refractivity contribution in [1.82, 2.24) is 9.66 Å². The molecule has 1 aromatic heterocycles. The van der Waals surface area contributed by atoms with Crippen LogP contribution < -0.4 is 5.01 Å². The predicted octanol–water partition coefficient (Wildman–Crippen LogP) is 2.72. The van der Waals surface area contributed by atoms with Gasteiger partial charge in [-0.05, 0) is 28.7 Å². The van der Waals surface area contributed by atoms with Crippen molar-refractivity contribution >= 4 is 45.2 Å². The summed E-state index contributed by atoms with van der Waals surface area (Å²) in [6, 6.07) is 3.21. The first-order valence-corrected chi connectivity index (χ1v) is 6.26. The topological polar surface area (TPSA) is 21.1 Å². The van der Waals surface area contributed by atoms with E-state index in [0.717, 1.165) is 11.0 Å². The van der Waals surface area contributed by atoms with Crippen molar-refractivity contribution in [2.24, 2.45) is 0 Å². The van der Waals surface area contributed by atoms with Crippen LogP contribution in [0.25, 0.3) is 11.0 Å². The standard InChI is InChI=1S/C10H10ClFIN3/c1-15(2)16-9-3-6(12)7(13)4-8(9)14-10(16)5-11/h3-4H,5H2,1-2H3. The van der Waals surface area contributed by atoms with Crippen molar-refractivity contribution in [3.05, 3.63) is 27.3 Å². The molecular formula is C10H10ClFIN3. The van der Waals surface area contributed by atoms with E-state index < -0.39 is 0 Å². The lowest BCUT2D eigenvalue weighted by Crippen LogP contribution is -2.26. The van der Waals surface area contributed by atoms with Crippen LogP contribution in [0, 0.1) is 9.39 Å². The SMILES string of the molecule is CN(C)n1c(CCl)nc2cc(I)c(F)cc21. The van der Waals surface area contributed by atoms with Gasteiger partial charge in [-0.25, -0.2) is 14.1 Å². The number of alkyl halides is 1.